The number of nitrogens with zero attached hydrogens (tertiary/aromatic N) is 1. The molecule has 0 saturated carbocycles. The van der Waals surface area contributed by atoms with Crippen LogP contribution in [-0.4, -0.2) is 55.8 Å². The highest BCUT2D eigenvalue weighted by atomic mass is 35.5. The summed E-state index contributed by atoms with van der Waals surface area (Å²) >= 11 is 6.87. The van der Waals surface area contributed by atoms with Gasteiger partial charge in [-0.05, 0) is 42.7 Å². The van der Waals surface area contributed by atoms with Crippen molar-refractivity contribution in [1.82, 2.24) is 0 Å². The molecular weight excluding hydrogens is 418 g/mol. The predicted octanol–water partition coefficient (Wildman–Crippen LogP) is 3.73. The van der Waals surface area contributed by atoms with Gasteiger partial charge in [0.2, 0.25) is 0 Å². The fourth-order valence-corrected chi connectivity index (χ4v) is 4.71. The number of fused-ring (bicyclic) bond motifs is 1. The second kappa shape index (κ2) is 9.65. The molecule has 0 aromatic heterocycles. The first-order valence-corrected chi connectivity index (χ1v) is 11.2. The van der Waals surface area contributed by atoms with Gasteiger partial charge >= 0.3 is 0 Å². The van der Waals surface area contributed by atoms with Crippen LogP contribution in [0.1, 0.15) is 42.6 Å². The Kier molecular flexibility index (Phi) is 6.92. The third-order valence-corrected chi connectivity index (χ3v) is 6.33. The number of likely N-dealkylation sites (N-methyl/N-ethyl adjacent to an activating group) is 1. The van der Waals surface area contributed by atoms with Gasteiger partial charge in [0.05, 0.1) is 48.8 Å². The molecule has 0 aliphatic carbocycles. The summed E-state index contributed by atoms with van der Waals surface area (Å²) in [6.07, 6.45) is 0.257. The Morgan fingerprint density at radius 1 is 1.23 bits per heavy atom. The fraction of sp³-hybridized carbons (Fsp3) is 0.500. The van der Waals surface area contributed by atoms with Crippen molar-refractivity contribution in [1.29, 1.82) is 0 Å². The van der Waals surface area contributed by atoms with E-state index in [0.29, 0.717) is 43.2 Å². The van der Waals surface area contributed by atoms with Crippen LogP contribution in [0.3, 0.4) is 0 Å². The Morgan fingerprint density at radius 3 is 2.71 bits per heavy atom. The summed E-state index contributed by atoms with van der Waals surface area (Å²) < 4.78 is 17.7. The summed E-state index contributed by atoms with van der Waals surface area (Å²) in [6, 6.07) is 10.1. The van der Waals surface area contributed by atoms with Crippen LogP contribution >= 0.6 is 11.6 Å². The summed E-state index contributed by atoms with van der Waals surface area (Å²) in [6.45, 7) is 3.78. The van der Waals surface area contributed by atoms with Gasteiger partial charge in [0.15, 0.2) is 0 Å². The fourth-order valence-electron chi connectivity index (χ4n) is 4.36. The molecule has 3 unspecified atom stereocenters. The van der Waals surface area contributed by atoms with Gasteiger partial charge in [-0.1, -0.05) is 23.7 Å². The number of aliphatic hydroxyl groups is 2. The van der Waals surface area contributed by atoms with Crippen molar-refractivity contribution in [2.45, 2.75) is 44.5 Å². The highest BCUT2D eigenvalue weighted by molar-refractivity contribution is 6.34. The average molecular weight is 448 g/mol. The van der Waals surface area contributed by atoms with Crippen LogP contribution < -0.4 is 14.4 Å². The molecule has 0 spiro atoms. The Balaban J connectivity index is 1.72. The molecule has 2 aliphatic heterocycles. The first-order valence-electron chi connectivity index (χ1n) is 10.9. The van der Waals surface area contributed by atoms with Crippen LogP contribution in [0.5, 0.6) is 11.5 Å². The molecule has 2 aromatic rings. The average Bonchev–Trinajstić information content (AvgIpc) is 2.76. The topological polar surface area (TPSA) is 71.4 Å². The molecule has 1 fully saturated rings. The van der Waals surface area contributed by atoms with Crippen molar-refractivity contribution in [3.8, 4) is 11.5 Å². The molecule has 0 radical (unpaired) electrons. The lowest BCUT2D eigenvalue weighted by Crippen LogP contribution is -2.35. The minimum absolute atomic E-state index is 0.122. The molecule has 2 heterocycles. The Bertz CT molecular complexity index is 904. The maximum absolute atomic E-state index is 10.3. The van der Waals surface area contributed by atoms with Gasteiger partial charge < -0.3 is 29.3 Å². The summed E-state index contributed by atoms with van der Waals surface area (Å²) in [5, 5.41) is 20.6. The largest absolute Gasteiger partial charge is 0.494 e. The molecule has 2 N–H and O–H groups in total. The first kappa shape index (κ1) is 22.2. The molecule has 4 rings (SSSR count). The molecule has 168 valence electrons. The molecule has 31 heavy (non-hydrogen) atoms. The van der Waals surface area contributed by atoms with E-state index in [-0.39, 0.29) is 12.7 Å². The molecule has 0 amide bonds. The van der Waals surface area contributed by atoms with Gasteiger partial charge in [0, 0.05) is 25.5 Å². The van der Waals surface area contributed by atoms with Crippen LogP contribution in [0.25, 0.3) is 0 Å². The van der Waals surface area contributed by atoms with E-state index >= 15 is 0 Å². The van der Waals surface area contributed by atoms with E-state index < -0.39 is 12.2 Å². The van der Waals surface area contributed by atoms with Crippen molar-refractivity contribution in [3.05, 3.63) is 52.0 Å². The third-order valence-electron chi connectivity index (χ3n) is 5.91. The molecule has 3 atom stereocenters. The van der Waals surface area contributed by atoms with Crippen molar-refractivity contribution in [2.24, 2.45) is 0 Å². The van der Waals surface area contributed by atoms with E-state index in [0.717, 1.165) is 34.7 Å². The molecule has 7 heteroatoms. The van der Waals surface area contributed by atoms with Crippen molar-refractivity contribution in [3.63, 3.8) is 0 Å². The lowest BCUT2D eigenvalue weighted by molar-refractivity contribution is -0.114. The number of rotatable bonds is 6. The van der Waals surface area contributed by atoms with E-state index in [4.69, 9.17) is 25.8 Å². The molecule has 0 bridgehead atoms. The Labute approximate surface area is 188 Å². The smallest absolute Gasteiger partial charge is 0.150 e. The monoisotopic (exact) mass is 447 g/mol. The zero-order valence-electron chi connectivity index (χ0n) is 18.0. The Hall–Kier alpha value is -1.99. The minimum Gasteiger partial charge on any atom is -0.494 e. The summed E-state index contributed by atoms with van der Waals surface area (Å²) in [7, 11) is 2.00. The zero-order chi connectivity index (χ0) is 22.0. The van der Waals surface area contributed by atoms with Gasteiger partial charge in [-0.25, -0.2) is 0 Å². The van der Waals surface area contributed by atoms with E-state index in [2.05, 4.69) is 4.90 Å². The van der Waals surface area contributed by atoms with Gasteiger partial charge in [0.1, 0.15) is 18.1 Å². The molecule has 2 aliphatic rings. The SMILES string of the molecule is CCOc1ccc(Cc2cc(C3CC(O)CC(CO)O3)c3c(c2Cl)N(C)CCO3)cc1. The van der Waals surface area contributed by atoms with E-state index in [9.17, 15) is 10.2 Å². The first-order chi connectivity index (χ1) is 15.0. The second-order valence-corrected chi connectivity index (χ2v) is 8.57. The predicted molar refractivity (Wildman–Crippen MR) is 121 cm³/mol. The van der Waals surface area contributed by atoms with E-state index in [1.165, 1.54) is 0 Å². The molecule has 1 saturated heterocycles. The number of anilines is 1. The molecule has 6 nitrogen and oxygen atoms in total. The lowest BCUT2D eigenvalue weighted by Gasteiger charge is -2.37. The van der Waals surface area contributed by atoms with Crippen LogP contribution in [0, 0.1) is 0 Å². The number of hydrogen-bond acceptors (Lipinski definition) is 6. The third kappa shape index (κ3) is 4.77. The van der Waals surface area contributed by atoms with Gasteiger partial charge in [0.25, 0.3) is 0 Å². The quantitative estimate of drug-likeness (QED) is 0.703. The maximum atomic E-state index is 10.3. The van der Waals surface area contributed by atoms with Crippen LogP contribution in [0.15, 0.2) is 30.3 Å². The summed E-state index contributed by atoms with van der Waals surface area (Å²) in [5.41, 5.74) is 3.83. The highest BCUT2D eigenvalue weighted by Crippen LogP contribution is 2.48. The van der Waals surface area contributed by atoms with Crippen LogP contribution in [-0.2, 0) is 11.2 Å². The lowest BCUT2D eigenvalue weighted by atomic mass is 9.92. The summed E-state index contributed by atoms with van der Waals surface area (Å²) in [4.78, 5) is 2.11. The van der Waals surface area contributed by atoms with Crippen LogP contribution in [0.4, 0.5) is 5.69 Å². The van der Waals surface area contributed by atoms with E-state index in [1.807, 2.05) is 44.3 Å². The Morgan fingerprint density at radius 2 is 2.00 bits per heavy atom. The number of hydrogen-bond donors (Lipinski definition) is 2. The number of halogens is 1. The van der Waals surface area contributed by atoms with Crippen molar-refractivity contribution < 1.29 is 24.4 Å². The zero-order valence-corrected chi connectivity index (χ0v) is 18.8. The van der Waals surface area contributed by atoms with Gasteiger partial charge in [-0.2, -0.15) is 0 Å². The highest BCUT2D eigenvalue weighted by Gasteiger charge is 2.34. The molecular formula is C24H30ClNO5. The number of aliphatic hydroxyl groups excluding tert-OH is 2. The minimum atomic E-state index is -0.530. The summed E-state index contributed by atoms with van der Waals surface area (Å²) in [5.74, 6) is 1.56. The van der Waals surface area contributed by atoms with Gasteiger partial charge in [-0.15, -0.1) is 0 Å². The molecule has 2 aromatic carbocycles. The van der Waals surface area contributed by atoms with Crippen molar-refractivity contribution >= 4 is 17.3 Å². The number of ether oxygens (including phenoxy) is 3. The van der Waals surface area contributed by atoms with E-state index in [1.54, 1.807) is 0 Å². The number of benzene rings is 2. The van der Waals surface area contributed by atoms with Crippen molar-refractivity contribution in [2.75, 3.05) is 38.3 Å². The second-order valence-electron chi connectivity index (χ2n) is 8.19. The normalized spacial score (nSPS) is 23.3. The maximum Gasteiger partial charge on any atom is 0.150 e. The van der Waals surface area contributed by atoms with Crippen LogP contribution in [0.2, 0.25) is 5.02 Å². The standard InChI is InChI=1S/C24H30ClNO5/c1-3-29-18-6-4-15(5-7-18)10-16-11-20(21-13-17(28)12-19(14-27)31-21)24-23(22(16)25)26(2)8-9-30-24/h4-7,11,17,19,21,27-28H,3,8-10,12-14H2,1-2H3. The van der Waals surface area contributed by atoms with Gasteiger partial charge in [-0.3, -0.25) is 0 Å².